The standard InChI is InChI=1S/C18H24BFN4O2/c1-17(2)18(3,4)26-19(25-17)14-7-13(8-15(20)9-14)10-23-5-6-24-12-21-22-16(24)11-23/h7-9,12H,5-6,10-11H2,1-4H3. The van der Waals surface area contributed by atoms with Crippen molar-refractivity contribution in [3.8, 4) is 0 Å². The molecule has 0 radical (unpaired) electrons. The van der Waals surface area contributed by atoms with Crippen LogP contribution in [0.15, 0.2) is 24.5 Å². The fraction of sp³-hybridized carbons (Fsp3) is 0.556. The van der Waals surface area contributed by atoms with Crippen LogP contribution in [0.3, 0.4) is 0 Å². The Bertz CT molecular complexity index is 807. The number of benzene rings is 1. The molecule has 2 aromatic rings. The van der Waals surface area contributed by atoms with Gasteiger partial charge in [-0.2, -0.15) is 0 Å². The molecular formula is C18H24BFN4O2. The topological polar surface area (TPSA) is 52.4 Å². The zero-order valence-corrected chi connectivity index (χ0v) is 15.7. The van der Waals surface area contributed by atoms with Gasteiger partial charge in [0.25, 0.3) is 0 Å². The normalized spacial score (nSPS) is 21.8. The lowest BCUT2D eigenvalue weighted by Gasteiger charge is -2.32. The summed E-state index contributed by atoms with van der Waals surface area (Å²) in [5.74, 6) is 0.672. The van der Waals surface area contributed by atoms with E-state index in [0.29, 0.717) is 13.1 Å². The van der Waals surface area contributed by atoms with Crippen LogP contribution in [-0.2, 0) is 28.9 Å². The van der Waals surface area contributed by atoms with E-state index < -0.39 is 18.3 Å². The Kier molecular flexibility index (Phi) is 4.17. The highest BCUT2D eigenvalue weighted by Crippen LogP contribution is 2.36. The molecule has 3 heterocycles. The Labute approximate surface area is 153 Å². The number of fused-ring (bicyclic) bond motifs is 1. The highest BCUT2D eigenvalue weighted by molar-refractivity contribution is 6.62. The van der Waals surface area contributed by atoms with Crippen LogP contribution in [0, 0.1) is 5.82 Å². The van der Waals surface area contributed by atoms with Gasteiger partial charge in [-0.3, -0.25) is 4.90 Å². The summed E-state index contributed by atoms with van der Waals surface area (Å²) in [7, 11) is -0.557. The van der Waals surface area contributed by atoms with Crippen molar-refractivity contribution in [2.24, 2.45) is 0 Å². The van der Waals surface area contributed by atoms with Gasteiger partial charge in [-0.15, -0.1) is 10.2 Å². The van der Waals surface area contributed by atoms with E-state index in [-0.39, 0.29) is 5.82 Å². The summed E-state index contributed by atoms with van der Waals surface area (Å²) in [6, 6.07) is 5.05. The molecule has 0 N–H and O–H groups in total. The largest absolute Gasteiger partial charge is 0.494 e. The van der Waals surface area contributed by atoms with Crippen LogP contribution in [0.2, 0.25) is 0 Å². The van der Waals surface area contributed by atoms with Crippen molar-refractivity contribution >= 4 is 12.6 Å². The zero-order valence-electron chi connectivity index (χ0n) is 15.7. The van der Waals surface area contributed by atoms with Crippen molar-refractivity contribution < 1.29 is 13.7 Å². The van der Waals surface area contributed by atoms with E-state index in [0.717, 1.165) is 29.9 Å². The first kappa shape index (κ1) is 17.6. The fourth-order valence-corrected chi connectivity index (χ4v) is 3.39. The molecule has 2 aliphatic rings. The highest BCUT2D eigenvalue weighted by Gasteiger charge is 2.51. The van der Waals surface area contributed by atoms with Crippen LogP contribution < -0.4 is 5.46 Å². The van der Waals surface area contributed by atoms with Gasteiger partial charge in [0.15, 0.2) is 0 Å². The second-order valence-electron chi connectivity index (χ2n) is 8.13. The molecule has 0 bridgehead atoms. The molecular weight excluding hydrogens is 334 g/mol. The van der Waals surface area contributed by atoms with Crippen LogP contribution in [0.4, 0.5) is 4.39 Å². The Morgan fingerprint density at radius 2 is 1.85 bits per heavy atom. The van der Waals surface area contributed by atoms with Gasteiger partial charge in [0, 0.05) is 19.6 Å². The van der Waals surface area contributed by atoms with Crippen molar-refractivity contribution in [3.63, 3.8) is 0 Å². The maximum absolute atomic E-state index is 14.3. The summed E-state index contributed by atoms with van der Waals surface area (Å²) >= 11 is 0. The lowest BCUT2D eigenvalue weighted by molar-refractivity contribution is 0.00578. The van der Waals surface area contributed by atoms with E-state index in [9.17, 15) is 4.39 Å². The summed E-state index contributed by atoms with van der Waals surface area (Å²) in [5, 5.41) is 8.08. The zero-order chi connectivity index (χ0) is 18.5. The Morgan fingerprint density at radius 1 is 1.12 bits per heavy atom. The molecule has 2 aliphatic heterocycles. The van der Waals surface area contributed by atoms with Crippen molar-refractivity contribution in [2.45, 2.75) is 58.5 Å². The Morgan fingerprint density at radius 3 is 2.58 bits per heavy atom. The third-order valence-electron chi connectivity index (χ3n) is 5.63. The average Bonchev–Trinajstić information content (AvgIpc) is 3.08. The predicted molar refractivity (Wildman–Crippen MR) is 96.3 cm³/mol. The van der Waals surface area contributed by atoms with Gasteiger partial charge in [0.2, 0.25) is 0 Å². The summed E-state index contributed by atoms with van der Waals surface area (Å²) in [4.78, 5) is 2.24. The van der Waals surface area contributed by atoms with Gasteiger partial charge in [-0.1, -0.05) is 6.07 Å². The van der Waals surface area contributed by atoms with Gasteiger partial charge in [0.05, 0.1) is 17.7 Å². The lowest BCUT2D eigenvalue weighted by Crippen LogP contribution is -2.41. The summed E-state index contributed by atoms with van der Waals surface area (Å²) < 4.78 is 28.4. The molecule has 0 amide bonds. The van der Waals surface area contributed by atoms with Gasteiger partial charge in [-0.05, 0) is 50.9 Å². The third-order valence-corrected chi connectivity index (χ3v) is 5.63. The lowest BCUT2D eigenvalue weighted by atomic mass is 9.78. The Balaban J connectivity index is 1.52. The molecule has 0 spiro atoms. The van der Waals surface area contributed by atoms with E-state index in [1.807, 2.05) is 33.8 Å². The molecule has 1 aromatic heterocycles. The first-order valence-electron chi connectivity index (χ1n) is 8.97. The smallest absolute Gasteiger partial charge is 0.399 e. The molecule has 4 rings (SSSR count). The molecule has 0 unspecified atom stereocenters. The fourth-order valence-electron chi connectivity index (χ4n) is 3.39. The molecule has 26 heavy (non-hydrogen) atoms. The average molecular weight is 358 g/mol. The third kappa shape index (κ3) is 3.17. The number of nitrogens with zero attached hydrogens (tertiary/aromatic N) is 4. The number of halogens is 1. The minimum atomic E-state index is -0.557. The molecule has 8 heteroatoms. The van der Waals surface area contributed by atoms with Crippen molar-refractivity contribution in [3.05, 3.63) is 41.7 Å². The first-order valence-corrected chi connectivity index (χ1v) is 8.97. The summed E-state index contributed by atoms with van der Waals surface area (Å²) in [6.45, 7) is 11.1. The minimum absolute atomic E-state index is 0.271. The minimum Gasteiger partial charge on any atom is -0.399 e. The SMILES string of the molecule is CC1(C)OB(c2cc(F)cc(CN3CCn4cnnc4C3)c2)OC1(C)C. The predicted octanol–water partition coefficient (Wildman–Crippen LogP) is 1.73. The van der Waals surface area contributed by atoms with Gasteiger partial charge in [0.1, 0.15) is 18.0 Å². The van der Waals surface area contributed by atoms with Crippen LogP contribution in [0.1, 0.15) is 39.1 Å². The molecule has 0 atom stereocenters. The van der Waals surface area contributed by atoms with Crippen molar-refractivity contribution in [2.75, 3.05) is 6.54 Å². The number of rotatable bonds is 3. The highest BCUT2D eigenvalue weighted by atomic mass is 19.1. The van der Waals surface area contributed by atoms with Crippen LogP contribution in [0.5, 0.6) is 0 Å². The van der Waals surface area contributed by atoms with Crippen molar-refractivity contribution in [1.82, 2.24) is 19.7 Å². The maximum Gasteiger partial charge on any atom is 0.494 e. The molecule has 0 saturated carbocycles. The maximum atomic E-state index is 14.3. The molecule has 138 valence electrons. The van der Waals surface area contributed by atoms with E-state index in [1.165, 1.54) is 6.07 Å². The number of aromatic nitrogens is 3. The van der Waals surface area contributed by atoms with Crippen LogP contribution >= 0.6 is 0 Å². The van der Waals surface area contributed by atoms with E-state index >= 15 is 0 Å². The molecule has 1 fully saturated rings. The van der Waals surface area contributed by atoms with Crippen LogP contribution in [-0.4, -0.2) is 44.5 Å². The number of hydrogen-bond donors (Lipinski definition) is 0. The van der Waals surface area contributed by atoms with Crippen LogP contribution in [0.25, 0.3) is 0 Å². The second-order valence-corrected chi connectivity index (χ2v) is 8.13. The van der Waals surface area contributed by atoms with E-state index in [4.69, 9.17) is 9.31 Å². The molecule has 6 nitrogen and oxygen atoms in total. The molecule has 1 aromatic carbocycles. The van der Waals surface area contributed by atoms with Gasteiger partial charge >= 0.3 is 7.12 Å². The van der Waals surface area contributed by atoms with Crippen molar-refractivity contribution in [1.29, 1.82) is 0 Å². The van der Waals surface area contributed by atoms with Gasteiger partial charge < -0.3 is 13.9 Å². The molecule has 0 aliphatic carbocycles. The monoisotopic (exact) mass is 358 g/mol. The molecule has 1 saturated heterocycles. The Hall–Kier alpha value is -1.77. The number of hydrogen-bond acceptors (Lipinski definition) is 5. The summed E-state index contributed by atoms with van der Waals surface area (Å²) in [6.07, 6.45) is 1.76. The van der Waals surface area contributed by atoms with E-state index in [1.54, 1.807) is 12.4 Å². The van der Waals surface area contributed by atoms with Gasteiger partial charge in [-0.25, -0.2) is 4.39 Å². The first-order chi connectivity index (χ1) is 12.2. The second kappa shape index (κ2) is 6.15. The quantitative estimate of drug-likeness (QED) is 0.783. The van der Waals surface area contributed by atoms with E-state index in [2.05, 4.69) is 19.7 Å². The summed E-state index contributed by atoms with van der Waals surface area (Å²) in [5.41, 5.74) is 0.740.